The van der Waals surface area contributed by atoms with Crippen molar-refractivity contribution in [1.29, 1.82) is 0 Å². The topological polar surface area (TPSA) is 53.4 Å². The predicted molar refractivity (Wildman–Crippen MR) is 70.1 cm³/mol. The number of aromatic carboxylic acids is 1. The van der Waals surface area contributed by atoms with Gasteiger partial charge in [-0.25, -0.2) is 9.78 Å². The first-order chi connectivity index (χ1) is 8.63. The quantitative estimate of drug-likeness (QED) is 0.902. The van der Waals surface area contributed by atoms with Crippen LogP contribution in [0.1, 0.15) is 27.2 Å². The third kappa shape index (κ3) is 1.86. The molecule has 18 heavy (non-hydrogen) atoms. The van der Waals surface area contributed by atoms with Gasteiger partial charge in [-0.15, -0.1) is 11.3 Å². The van der Waals surface area contributed by atoms with E-state index in [2.05, 4.69) is 9.88 Å². The summed E-state index contributed by atoms with van der Waals surface area (Å²) in [5.41, 5.74) is 3.65. The van der Waals surface area contributed by atoms with Gasteiger partial charge in [0.1, 0.15) is 0 Å². The zero-order chi connectivity index (χ0) is 12.7. The maximum atomic E-state index is 10.9. The number of thiazole rings is 1. The van der Waals surface area contributed by atoms with Crippen molar-refractivity contribution in [2.45, 2.75) is 20.0 Å². The molecule has 0 bridgehead atoms. The van der Waals surface area contributed by atoms with Gasteiger partial charge in [0.2, 0.25) is 0 Å². The largest absolute Gasteiger partial charge is 0.478 e. The first-order valence-corrected chi connectivity index (χ1v) is 6.53. The van der Waals surface area contributed by atoms with Gasteiger partial charge >= 0.3 is 5.97 Å². The van der Waals surface area contributed by atoms with Crippen LogP contribution in [0.2, 0.25) is 0 Å². The van der Waals surface area contributed by atoms with Crippen LogP contribution < -0.4 is 4.90 Å². The molecule has 0 saturated heterocycles. The second kappa shape index (κ2) is 4.10. The zero-order valence-electron chi connectivity index (χ0n) is 9.88. The van der Waals surface area contributed by atoms with Crippen molar-refractivity contribution in [3.63, 3.8) is 0 Å². The summed E-state index contributed by atoms with van der Waals surface area (Å²) in [5, 5.41) is 12.0. The van der Waals surface area contributed by atoms with Crippen molar-refractivity contribution in [1.82, 2.24) is 4.98 Å². The SMILES string of the molecule is Cc1csc(N2Cc3ccc(C(=O)O)cc3C2)n1. The molecule has 1 aliphatic heterocycles. The van der Waals surface area contributed by atoms with E-state index in [4.69, 9.17) is 5.11 Å². The standard InChI is InChI=1S/C13H12N2O2S/c1-8-7-18-13(14-8)15-5-10-3-2-9(12(16)17)4-11(10)6-15/h2-4,7H,5-6H2,1H3,(H,16,17). The molecule has 3 rings (SSSR count). The van der Waals surface area contributed by atoms with Crippen molar-refractivity contribution >= 4 is 22.4 Å². The Morgan fingerprint density at radius 2 is 2.17 bits per heavy atom. The van der Waals surface area contributed by atoms with E-state index in [-0.39, 0.29) is 0 Å². The summed E-state index contributed by atoms with van der Waals surface area (Å²) in [4.78, 5) is 17.6. The number of aryl methyl sites for hydroxylation is 1. The molecule has 0 spiro atoms. The van der Waals surface area contributed by atoms with Crippen LogP contribution in [0.4, 0.5) is 5.13 Å². The highest BCUT2D eigenvalue weighted by Gasteiger charge is 2.22. The fourth-order valence-electron chi connectivity index (χ4n) is 2.15. The number of hydrogen-bond donors (Lipinski definition) is 1. The maximum absolute atomic E-state index is 10.9. The first kappa shape index (κ1) is 11.2. The molecular weight excluding hydrogens is 248 g/mol. The molecule has 5 heteroatoms. The van der Waals surface area contributed by atoms with E-state index in [0.29, 0.717) is 5.56 Å². The number of anilines is 1. The molecule has 2 heterocycles. The molecule has 0 aliphatic carbocycles. The summed E-state index contributed by atoms with van der Waals surface area (Å²) in [6, 6.07) is 5.33. The second-order valence-electron chi connectivity index (χ2n) is 4.42. The van der Waals surface area contributed by atoms with Crippen LogP contribution in [0.25, 0.3) is 0 Å². The van der Waals surface area contributed by atoms with Crippen molar-refractivity contribution < 1.29 is 9.90 Å². The van der Waals surface area contributed by atoms with Crippen molar-refractivity contribution in [3.8, 4) is 0 Å². The van der Waals surface area contributed by atoms with Gasteiger partial charge in [-0.3, -0.25) is 0 Å². The Bertz CT molecular complexity index is 621. The van der Waals surface area contributed by atoms with Crippen LogP contribution in [0.5, 0.6) is 0 Å². The van der Waals surface area contributed by atoms with Crippen molar-refractivity contribution in [3.05, 3.63) is 46.0 Å². The molecule has 1 N–H and O–H groups in total. The molecule has 1 aliphatic rings. The molecule has 0 radical (unpaired) electrons. The van der Waals surface area contributed by atoms with Gasteiger partial charge < -0.3 is 10.0 Å². The maximum Gasteiger partial charge on any atom is 0.335 e. The fourth-order valence-corrected chi connectivity index (χ4v) is 2.95. The summed E-state index contributed by atoms with van der Waals surface area (Å²) in [6.45, 7) is 3.53. The van der Waals surface area contributed by atoms with Gasteiger partial charge in [-0.05, 0) is 30.2 Å². The number of carbonyl (C=O) groups is 1. The molecule has 1 aromatic carbocycles. The third-order valence-corrected chi connectivity index (χ3v) is 4.07. The van der Waals surface area contributed by atoms with Gasteiger partial charge in [-0.1, -0.05) is 6.07 Å². The molecule has 4 nitrogen and oxygen atoms in total. The highest BCUT2D eigenvalue weighted by atomic mass is 32.1. The number of carboxylic acids is 1. The Morgan fingerprint density at radius 3 is 2.83 bits per heavy atom. The predicted octanol–water partition coefficient (Wildman–Crippen LogP) is 2.67. The lowest BCUT2D eigenvalue weighted by Crippen LogP contribution is -2.13. The summed E-state index contributed by atoms with van der Waals surface area (Å²) >= 11 is 1.63. The van der Waals surface area contributed by atoms with E-state index < -0.39 is 5.97 Å². The van der Waals surface area contributed by atoms with Crippen LogP contribution in [0.3, 0.4) is 0 Å². The highest BCUT2D eigenvalue weighted by Crippen LogP contribution is 2.30. The molecule has 0 unspecified atom stereocenters. The molecule has 0 fully saturated rings. The summed E-state index contributed by atoms with van der Waals surface area (Å²) in [5.74, 6) is -0.874. The number of fused-ring (bicyclic) bond motifs is 1. The average molecular weight is 260 g/mol. The molecule has 2 aromatic rings. The number of rotatable bonds is 2. The number of hydrogen-bond acceptors (Lipinski definition) is 4. The van der Waals surface area contributed by atoms with E-state index >= 15 is 0 Å². The monoisotopic (exact) mass is 260 g/mol. The van der Waals surface area contributed by atoms with E-state index in [1.54, 1.807) is 23.5 Å². The Kier molecular flexibility index (Phi) is 2.56. The van der Waals surface area contributed by atoms with Crippen molar-refractivity contribution in [2.75, 3.05) is 4.90 Å². The van der Waals surface area contributed by atoms with Crippen molar-refractivity contribution in [2.24, 2.45) is 0 Å². The number of aromatic nitrogens is 1. The van der Waals surface area contributed by atoms with Gasteiger partial charge in [-0.2, -0.15) is 0 Å². The Balaban J connectivity index is 1.89. The van der Waals surface area contributed by atoms with Crippen LogP contribution in [-0.4, -0.2) is 16.1 Å². The smallest absolute Gasteiger partial charge is 0.335 e. The van der Waals surface area contributed by atoms with Gasteiger partial charge in [0.15, 0.2) is 5.13 Å². The number of nitrogens with zero attached hydrogens (tertiary/aromatic N) is 2. The van der Waals surface area contributed by atoms with E-state index in [0.717, 1.165) is 29.5 Å². The molecule has 0 atom stereocenters. The summed E-state index contributed by atoms with van der Waals surface area (Å²) < 4.78 is 0. The van der Waals surface area contributed by atoms with Crippen LogP contribution in [0.15, 0.2) is 23.6 Å². The molecule has 0 saturated carbocycles. The lowest BCUT2D eigenvalue weighted by molar-refractivity contribution is 0.0697. The Labute approximate surface area is 109 Å². The second-order valence-corrected chi connectivity index (χ2v) is 5.25. The number of benzene rings is 1. The Morgan fingerprint density at radius 1 is 1.39 bits per heavy atom. The third-order valence-electron chi connectivity index (χ3n) is 3.05. The van der Waals surface area contributed by atoms with Crippen LogP contribution in [0, 0.1) is 6.92 Å². The van der Waals surface area contributed by atoms with E-state index in [1.807, 2.05) is 18.4 Å². The fraction of sp³-hybridized carbons (Fsp3) is 0.231. The minimum Gasteiger partial charge on any atom is -0.478 e. The normalized spacial score (nSPS) is 13.7. The molecule has 0 amide bonds. The van der Waals surface area contributed by atoms with Crippen LogP contribution >= 0.6 is 11.3 Å². The zero-order valence-corrected chi connectivity index (χ0v) is 10.7. The highest BCUT2D eigenvalue weighted by molar-refractivity contribution is 7.13. The van der Waals surface area contributed by atoms with Gasteiger partial charge in [0.25, 0.3) is 0 Å². The minimum atomic E-state index is -0.874. The lowest BCUT2D eigenvalue weighted by Gasteiger charge is -2.12. The van der Waals surface area contributed by atoms with Gasteiger partial charge in [0, 0.05) is 18.5 Å². The molecule has 1 aromatic heterocycles. The minimum absolute atomic E-state index is 0.353. The summed E-state index contributed by atoms with van der Waals surface area (Å²) in [6.07, 6.45) is 0. The van der Waals surface area contributed by atoms with E-state index in [9.17, 15) is 4.79 Å². The summed E-state index contributed by atoms with van der Waals surface area (Å²) in [7, 11) is 0. The molecular formula is C13H12N2O2S. The Hall–Kier alpha value is -1.88. The van der Waals surface area contributed by atoms with E-state index in [1.165, 1.54) is 5.56 Å². The first-order valence-electron chi connectivity index (χ1n) is 5.65. The lowest BCUT2D eigenvalue weighted by atomic mass is 10.1. The van der Waals surface area contributed by atoms with Crippen LogP contribution in [-0.2, 0) is 13.1 Å². The number of carboxylic acid groups (broad SMARTS) is 1. The average Bonchev–Trinajstić information content (AvgIpc) is 2.93. The van der Waals surface area contributed by atoms with Gasteiger partial charge in [0.05, 0.1) is 11.3 Å². The molecule has 92 valence electrons.